The minimum absolute atomic E-state index is 0.186. The number of hydrogen-bond acceptors (Lipinski definition) is 4. The van der Waals surface area contributed by atoms with Gasteiger partial charge in [0.05, 0.1) is 6.20 Å². The highest BCUT2D eigenvalue weighted by molar-refractivity contribution is 6.28. The monoisotopic (exact) mass is 266 g/mol. The summed E-state index contributed by atoms with van der Waals surface area (Å²) in [6, 6.07) is 0. The molecule has 2 heterocycles. The predicted molar refractivity (Wildman–Crippen MR) is 68.7 cm³/mol. The Labute approximate surface area is 110 Å². The summed E-state index contributed by atoms with van der Waals surface area (Å²) in [5.74, 6) is 1.34. The molecule has 1 fully saturated rings. The lowest BCUT2D eigenvalue weighted by Gasteiger charge is -2.26. The lowest BCUT2D eigenvalue weighted by atomic mass is 9.89. The Bertz CT molecular complexity index is 548. The van der Waals surface area contributed by atoms with E-state index < -0.39 is 0 Å². The molecule has 18 heavy (non-hydrogen) atoms. The smallest absolute Gasteiger partial charge is 0.229 e. The van der Waals surface area contributed by atoms with Crippen LogP contribution in [-0.4, -0.2) is 26.3 Å². The third-order valence-corrected chi connectivity index (χ3v) is 3.66. The highest BCUT2D eigenvalue weighted by atomic mass is 35.5. The van der Waals surface area contributed by atoms with Crippen LogP contribution in [0.2, 0.25) is 5.28 Å². The average Bonchev–Trinajstić information content (AvgIpc) is 2.80. The molecule has 0 aromatic carbocycles. The molecule has 2 aromatic rings. The van der Waals surface area contributed by atoms with Gasteiger partial charge >= 0.3 is 0 Å². The number of H-pyrrole nitrogens is 1. The van der Waals surface area contributed by atoms with Crippen LogP contribution in [0.25, 0.3) is 11.0 Å². The van der Waals surface area contributed by atoms with Gasteiger partial charge in [-0.3, -0.25) is 5.10 Å². The molecule has 0 aliphatic heterocycles. The number of fused-ring (bicyclic) bond motifs is 1. The summed E-state index contributed by atoms with van der Waals surface area (Å²) in [5.41, 5.74) is 0.620. The Hall–Kier alpha value is -1.36. The van der Waals surface area contributed by atoms with Crippen molar-refractivity contribution in [3.8, 4) is 5.88 Å². The van der Waals surface area contributed by atoms with Crippen LogP contribution in [-0.2, 0) is 0 Å². The molecule has 2 aromatic heterocycles. The first-order valence-corrected chi connectivity index (χ1v) is 6.63. The van der Waals surface area contributed by atoms with Crippen LogP contribution in [0.15, 0.2) is 6.20 Å². The fraction of sp³-hybridized carbons (Fsp3) is 0.583. The molecule has 0 amide bonds. The maximum Gasteiger partial charge on any atom is 0.229 e. The first-order chi connectivity index (χ1) is 8.72. The molecule has 1 N–H and O–H groups in total. The minimum atomic E-state index is 0.186. The molecule has 3 rings (SSSR count). The number of ether oxygens (including phenoxy) is 1. The first kappa shape index (κ1) is 11.7. The quantitative estimate of drug-likeness (QED) is 0.849. The third kappa shape index (κ3) is 2.27. The highest BCUT2D eigenvalue weighted by Gasteiger charge is 2.21. The summed E-state index contributed by atoms with van der Waals surface area (Å²) < 4.78 is 5.96. The van der Waals surface area contributed by atoms with Gasteiger partial charge in [0.25, 0.3) is 0 Å². The van der Waals surface area contributed by atoms with E-state index in [1.807, 2.05) is 0 Å². The maximum atomic E-state index is 5.96. The van der Waals surface area contributed by atoms with Crippen LogP contribution in [0.4, 0.5) is 0 Å². The van der Waals surface area contributed by atoms with Gasteiger partial charge in [-0.05, 0) is 43.2 Å². The zero-order valence-electron chi connectivity index (χ0n) is 10.2. The molecule has 1 aliphatic carbocycles. The molecular formula is C12H15ClN4O. The summed E-state index contributed by atoms with van der Waals surface area (Å²) >= 11 is 5.87. The maximum absolute atomic E-state index is 5.96. The molecule has 0 bridgehead atoms. The lowest BCUT2D eigenvalue weighted by Crippen LogP contribution is -2.23. The van der Waals surface area contributed by atoms with Gasteiger partial charge in [-0.15, -0.1) is 0 Å². The SMILES string of the molecule is CC1CCC(Oc2nc(Cl)nc3[nH]ncc23)CC1. The molecule has 5 nitrogen and oxygen atoms in total. The molecule has 0 radical (unpaired) electrons. The predicted octanol–water partition coefficient (Wildman–Crippen LogP) is 2.96. The summed E-state index contributed by atoms with van der Waals surface area (Å²) in [6.07, 6.45) is 6.46. The van der Waals surface area contributed by atoms with E-state index in [0.29, 0.717) is 11.5 Å². The Balaban J connectivity index is 1.83. The van der Waals surface area contributed by atoms with Crippen LogP contribution >= 0.6 is 11.6 Å². The zero-order chi connectivity index (χ0) is 12.5. The molecule has 0 spiro atoms. The van der Waals surface area contributed by atoms with E-state index in [1.165, 1.54) is 12.8 Å². The van der Waals surface area contributed by atoms with Crippen molar-refractivity contribution in [2.75, 3.05) is 0 Å². The van der Waals surface area contributed by atoms with Crippen molar-refractivity contribution in [1.29, 1.82) is 0 Å². The van der Waals surface area contributed by atoms with Gasteiger partial charge < -0.3 is 4.74 Å². The number of rotatable bonds is 2. The van der Waals surface area contributed by atoms with Crippen molar-refractivity contribution in [3.63, 3.8) is 0 Å². The van der Waals surface area contributed by atoms with E-state index in [9.17, 15) is 0 Å². The molecular weight excluding hydrogens is 252 g/mol. The third-order valence-electron chi connectivity index (χ3n) is 3.49. The van der Waals surface area contributed by atoms with Crippen molar-refractivity contribution >= 4 is 22.6 Å². The van der Waals surface area contributed by atoms with Gasteiger partial charge in [0.15, 0.2) is 5.65 Å². The Kier molecular flexibility index (Phi) is 3.07. The van der Waals surface area contributed by atoms with Crippen molar-refractivity contribution in [2.24, 2.45) is 5.92 Å². The Morgan fingerprint density at radius 3 is 2.83 bits per heavy atom. The van der Waals surface area contributed by atoms with Gasteiger partial charge in [-0.2, -0.15) is 15.1 Å². The second-order valence-corrected chi connectivity index (χ2v) is 5.27. The molecule has 1 aliphatic rings. The van der Waals surface area contributed by atoms with E-state index in [1.54, 1.807) is 6.20 Å². The summed E-state index contributed by atoms with van der Waals surface area (Å²) in [6.45, 7) is 2.28. The Morgan fingerprint density at radius 1 is 1.28 bits per heavy atom. The topological polar surface area (TPSA) is 63.7 Å². The molecule has 0 unspecified atom stereocenters. The van der Waals surface area contributed by atoms with Crippen molar-refractivity contribution in [3.05, 3.63) is 11.5 Å². The van der Waals surface area contributed by atoms with Crippen LogP contribution in [0.1, 0.15) is 32.6 Å². The van der Waals surface area contributed by atoms with Gasteiger partial charge in [-0.1, -0.05) is 6.92 Å². The second-order valence-electron chi connectivity index (χ2n) is 4.93. The molecule has 0 saturated heterocycles. The summed E-state index contributed by atoms with van der Waals surface area (Å²) in [7, 11) is 0. The van der Waals surface area contributed by atoms with E-state index >= 15 is 0 Å². The van der Waals surface area contributed by atoms with E-state index in [2.05, 4.69) is 27.1 Å². The number of hydrogen-bond donors (Lipinski definition) is 1. The number of nitrogens with one attached hydrogen (secondary N) is 1. The average molecular weight is 267 g/mol. The summed E-state index contributed by atoms with van der Waals surface area (Å²) in [4.78, 5) is 8.22. The van der Waals surface area contributed by atoms with Crippen molar-refractivity contribution in [2.45, 2.75) is 38.7 Å². The standard InChI is InChI=1S/C12H15ClN4O/c1-7-2-4-8(5-3-7)18-11-9-6-14-17-10(9)15-12(13)16-11/h6-8H,2-5H2,1H3,(H,14,15,16,17). The zero-order valence-corrected chi connectivity index (χ0v) is 10.9. The normalized spacial score (nSPS) is 24.3. The first-order valence-electron chi connectivity index (χ1n) is 6.25. The van der Waals surface area contributed by atoms with Crippen LogP contribution < -0.4 is 4.74 Å². The van der Waals surface area contributed by atoms with Crippen LogP contribution in [0.3, 0.4) is 0 Å². The molecule has 6 heteroatoms. The van der Waals surface area contributed by atoms with Crippen molar-refractivity contribution in [1.82, 2.24) is 20.2 Å². The fourth-order valence-electron chi connectivity index (χ4n) is 2.38. The fourth-order valence-corrected chi connectivity index (χ4v) is 2.54. The van der Waals surface area contributed by atoms with Gasteiger partial charge in [0.1, 0.15) is 11.5 Å². The number of aromatic amines is 1. The van der Waals surface area contributed by atoms with E-state index in [-0.39, 0.29) is 11.4 Å². The number of halogens is 1. The van der Waals surface area contributed by atoms with Gasteiger partial charge in [0.2, 0.25) is 11.2 Å². The van der Waals surface area contributed by atoms with Gasteiger partial charge in [-0.25, -0.2) is 0 Å². The van der Waals surface area contributed by atoms with E-state index in [0.717, 1.165) is 24.1 Å². The minimum Gasteiger partial charge on any atom is -0.474 e. The highest BCUT2D eigenvalue weighted by Crippen LogP contribution is 2.29. The lowest BCUT2D eigenvalue weighted by molar-refractivity contribution is 0.132. The van der Waals surface area contributed by atoms with Crippen LogP contribution in [0.5, 0.6) is 5.88 Å². The second kappa shape index (κ2) is 4.72. The molecule has 1 saturated carbocycles. The molecule has 0 atom stereocenters. The van der Waals surface area contributed by atoms with E-state index in [4.69, 9.17) is 16.3 Å². The number of aromatic nitrogens is 4. The van der Waals surface area contributed by atoms with Gasteiger partial charge in [0, 0.05) is 0 Å². The van der Waals surface area contributed by atoms with Crippen LogP contribution in [0, 0.1) is 5.92 Å². The largest absolute Gasteiger partial charge is 0.474 e. The summed E-state index contributed by atoms with van der Waals surface area (Å²) in [5, 5.41) is 7.70. The Morgan fingerprint density at radius 2 is 2.06 bits per heavy atom. The number of nitrogens with zero attached hydrogens (tertiary/aromatic N) is 3. The van der Waals surface area contributed by atoms with Crippen molar-refractivity contribution < 1.29 is 4.74 Å². The molecule has 96 valence electrons.